The van der Waals surface area contributed by atoms with E-state index in [0.717, 1.165) is 6.54 Å². The normalized spacial score (nSPS) is 28.3. The van der Waals surface area contributed by atoms with Crippen molar-refractivity contribution in [2.45, 2.75) is 66.0 Å². The Kier molecular flexibility index (Phi) is 4.22. The largest absolute Gasteiger partial charge is 0.287 e. The number of likely N-dealkylation sites (tertiary alicyclic amines) is 1. The molecule has 0 aromatic rings. The average molecular weight is 207 g/mol. The van der Waals surface area contributed by atoms with Crippen molar-refractivity contribution in [3.8, 4) is 11.8 Å². The standard InChI is InChI=1S/C14H25N/c1-12-8-6-9-13(2)15(12)11-7-10-14(3,4)5/h12-13H,6,8-9,11H2,1-5H3/t12-,13+. The first kappa shape index (κ1) is 12.6. The molecule has 0 bridgehead atoms. The van der Waals surface area contributed by atoms with E-state index in [0.29, 0.717) is 12.1 Å². The van der Waals surface area contributed by atoms with Crippen LogP contribution in [0, 0.1) is 17.3 Å². The fourth-order valence-corrected chi connectivity index (χ4v) is 2.18. The Hall–Kier alpha value is -0.480. The van der Waals surface area contributed by atoms with E-state index < -0.39 is 0 Å². The molecule has 0 saturated carbocycles. The zero-order valence-corrected chi connectivity index (χ0v) is 10.9. The average Bonchev–Trinajstić information content (AvgIpc) is 2.08. The number of hydrogen-bond acceptors (Lipinski definition) is 1. The van der Waals surface area contributed by atoms with Crippen LogP contribution in [0.15, 0.2) is 0 Å². The molecule has 0 unspecified atom stereocenters. The number of nitrogens with zero attached hydrogens (tertiary/aromatic N) is 1. The summed E-state index contributed by atoms with van der Waals surface area (Å²) in [6.07, 6.45) is 4.05. The fraction of sp³-hybridized carbons (Fsp3) is 0.857. The van der Waals surface area contributed by atoms with E-state index in [9.17, 15) is 0 Å². The van der Waals surface area contributed by atoms with Crippen molar-refractivity contribution >= 4 is 0 Å². The van der Waals surface area contributed by atoms with Gasteiger partial charge in [0.25, 0.3) is 0 Å². The number of rotatable bonds is 1. The van der Waals surface area contributed by atoms with Crippen molar-refractivity contribution in [2.24, 2.45) is 5.41 Å². The van der Waals surface area contributed by atoms with Gasteiger partial charge in [-0.3, -0.25) is 4.90 Å². The smallest absolute Gasteiger partial charge is 0.0606 e. The van der Waals surface area contributed by atoms with Crippen molar-refractivity contribution in [1.82, 2.24) is 4.90 Å². The van der Waals surface area contributed by atoms with Crippen molar-refractivity contribution in [2.75, 3.05) is 6.54 Å². The molecule has 1 heteroatoms. The molecule has 2 atom stereocenters. The molecule has 1 rings (SSSR count). The molecule has 1 nitrogen and oxygen atoms in total. The van der Waals surface area contributed by atoms with Gasteiger partial charge in [-0.1, -0.05) is 18.3 Å². The maximum Gasteiger partial charge on any atom is 0.0606 e. The minimum absolute atomic E-state index is 0.141. The molecule has 1 aliphatic rings. The maximum absolute atomic E-state index is 3.33. The van der Waals surface area contributed by atoms with Gasteiger partial charge in [0, 0.05) is 17.5 Å². The topological polar surface area (TPSA) is 3.24 Å². The lowest BCUT2D eigenvalue weighted by molar-refractivity contribution is 0.121. The van der Waals surface area contributed by atoms with Gasteiger partial charge < -0.3 is 0 Å². The minimum atomic E-state index is 0.141. The Bertz CT molecular complexity index is 241. The molecule has 1 fully saturated rings. The lowest BCUT2D eigenvalue weighted by Crippen LogP contribution is -2.43. The van der Waals surface area contributed by atoms with Gasteiger partial charge in [0.05, 0.1) is 6.54 Å². The Labute approximate surface area is 95.2 Å². The number of piperidine rings is 1. The third-order valence-corrected chi connectivity index (χ3v) is 3.10. The van der Waals surface area contributed by atoms with Gasteiger partial charge in [-0.2, -0.15) is 0 Å². The van der Waals surface area contributed by atoms with E-state index in [1.54, 1.807) is 0 Å². The molecular formula is C14H25N. The highest BCUT2D eigenvalue weighted by molar-refractivity contribution is 5.09. The van der Waals surface area contributed by atoms with Gasteiger partial charge in [-0.15, -0.1) is 0 Å². The lowest BCUT2D eigenvalue weighted by Gasteiger charge is -2.37. The Balaban J connectivity index is 2.51. The van der Waals surface area contributed by atoms with Crippen LogP contribution >= 0.6 is 0 Å². The summed E-state index contributed by atoms with van der Waals surface area (Å²) in [6.45, 7) is 12.1. The summed E-state index contributed by atoms with van der Waals surface area (Å²) in [5.74, 6) is 6.65. The third-order valence-electron chi connectivity index (χ3n) is 3.10. The Morgan fingerprint density at radius 3 is 2.13 bits per heavy atom. The summed E-state index contributed by atoms with van der Waals surface area (Å²) in [6, 6.07) is 1.42. The van der Waals surface area contributed by atoms with E-state index >= 15 is 0 Å². The second-order valence-electron chi connectivity index (χ2n) is 5.85. The van der Waals surface area contributed by atoms with Crippen molar-refractivity contribution in [3.63, 3.8) is 0 Å². The molecule has 0 aromatic carbocycles. The summed E-state index contributed by atoms with van der Waals surface area (Å²) in [7, 11) is 0. The molecule has 0 N–H and O–H groups in total. The summed E-state index contributed by atoms with van der Waals surface area (Å²) < 4.78 is 0. The molecular weight excluding hydrogens is 182 g/mol. The van der Waals surface area contributed by atoms with Crippen LogP contribution in [0.25, 0.3) is 0 Å². The first-order valence-electron chi connectivity index (χ1n) is 6.16. The zero-order chi connectivity index (χ0) is 11.5. The van der Waals surface area contributed by atoms with Crippen molar-refractivity contribution in [3.05, 3.63) is 0 Å². The van der Waals surface area contributed by atoms with Gasteiger partial charge in [0.15, 0.2) is 0 Å². The highest BCUT2D eigenvalue weighted by atomic mass is 15.2. The predicted octanol–water partition coefficient (Wildman–Crippen LogP) is 3.30. The van der Waals surface area contributed by atoms with Crippen LogP contribution < -0.4 is 0 Å². The van der Waals surface area contributed by atoms with Crippen LogP contribution in [-0.4, -0.2) is 23.5 Å². The van der Waals surface area contributed by atoms with Gasteiger partial charge >= 0.3 is 0 Å². The maximum atomic E-state index is 3.33. The fourth-order valence-electron chi connectivity index (χ4n) is 2.18. The number of hydrogen-bond donors (Lipinski definition) is 0. The molecule has 0 aromatic heterocycles. The van der Waals surface area contributed by atoms with E-state index in [1.165, 1.54) is 19.3 Å². The molecule has 0 spiro atoms. The van der Waals surface area contributed by atoms with Crippen LogP contribution in [0.4, 0.5) is 0 Å². The highest BCUT2D eigenvalue weighted by Crippen LogP contribution is 2.21. The highest BCUT2D eigenvalue weighted by Gasteiger charge is 2.23. The quantitative estimate of drug-likeness (QED) is 0.596. The summed E-state index contributed by atoms with van der Waals surface area (Å²) in [5.41, 5.74) is 0.141. The van der Waals surface area contributed by atoms with E-state index in [2.05, 4.69) is 51.4 Å². The second kappa shape index (κ2) is 5.03. The van der Waals surface area contributed by atoms with Crippen LogP contribution in [0.5, 0.6) is 0 Å². The molecule has 86 valence electrons. The van der Waals surface area contributed by atoms with Gasteiger partial charge in [0.2, 0.25) is 0 Å². The van der Waals surface area contributed by atoms with Gasteiger partial charge in [-0.25, -0.2) is 0 Å². The molecule has 0 radical (unpaired) electrons. The van der Waals surface area contributed by atoms with E-state index in [1.807, 2.05) is 0 Å². The molecule has 1 saturated heterocycles. The van der Waals surface area contributed by atoms with Crippen LogP contribution in [0.1, 0.15) is 53.9 Å². The Morgan fingerprint density at radius 1 is 1.13 bits per heavy atom. The summed E-state index contributed by atoms with van der Waals surface area (Å²) >= 11 is 0. The SMILES string of the molecule is C[C@@H]1CCC[C@H](C)N1CC#CC(C)(C)C. The van der Waals surface area contributed by atoms with Gasteiger partial charge in [-0.05, 0) is 47.5 Å². The summed E-state index contributed by atoms with van der Waals surface area (Å²) in [5, 5.41) is 0. The van der Waals surface area contributed by atoms with Crippen molar-refractivity contribution < 1.29 is 0 Å². The molecule has 1 aliphatic heterocycles. The first-order valence-corrected chi connectivity index (χ1v) is 6.16. The van der Waals surface area contributed by atoms with Crippen LogP contribution in [0.3, 0.4) is 0 Å². The Morgan fingerprint density at radius 2 is 1.67 bits per heavy atom. The lowest BCUT2D eigenvalue weighted by atomic mass is 9.96. The monoisotopic (exact) mass is 207 g/mol. The zero-order valence-electron chi connectivity index (χ0n) is 10.9. The molecule has 0 amide bonds. The van der Waals surface area contributed by atoms with Crippen LogP contribution in [-0.2, 0) is 0 Å². The van der Waals surface area contributed by atoms with Crippen LogP contribution in [0.2, 0.25) is 0 Å². The van der Waals surface area contributed by atoms with Gasteiger partial charge in [0.1, 0.15) is 0 Å². The molecule has 15 heavy (non-hydrogen) atoms. The molecule has 0 aliphatic carbocycles. The third kappa shape index (κ3) is 4.26. The van der Waals surface area contributed by atoms with Crippen molar-refractivity contribution in [1.29, 1.82) is 0 Å². The summed E-state index contributed by atoms with van der Waals surface area (Å²) in [4.78, 5) is 2.54. The van der Waals surface area contributed by atoms with E-state index in [4.69, 9.17) is 0 Å². The minimum Gasteiger partial charge on any atom is -0.287 e. The first-order chi connectivity index (χ1) is 6.90. The van der Waals surface area contributed by atoms with E-state index in [-0.39, 0.29) is 5.41 Å². The predicted molar refractivity (Wildman–Crippen MR) is 66.7 cm³/mol. The molecule has 1 heterocycles. The second-order valence-corrected chi connectivity index (χ2v) is 5.85.